The van der Waals surface area contributed by atoms with Gasteiger partial charge in [-0.05, 0) is 65.1 Å². The van der Waals surface area contributed by atoms with Gasteiger partial charge in [0.05, 0.1) is 0 Å². The number of carbonyl (C=O) groups is 1. The predicted molar refractivity (Wildman–Crippen MR) is 82.6 cm³/mol. The quantitative estimate of drug-likeness (QED) is 0.801. The molecule has 2 nitrogen and oxygen atoms in total. The lowest BCUT2D eigenvalue weighted by atomic mass is 9.78. The first kappa shape index (κ1) is 13.8. The first-order chi connectivity index (χ1) is 8.58. The van der Waals surface area contributed by atoms with Gasteiger partial charge in [0.25, 0.3) is 5.91 Å². The van der Waals surface area contributed by atoms with Crippen LogP contribution in [0.5, 0.6) is 0 Å². The highest BCUT2D eigenvalue weighted by molar-refractivity contribution is 14.1. The summed E-state index contributed by atoms with van der Waals surface area (Å²) in [5.41, 5.74) is 0.765. The molecular weight excluding hydrogens is 337 g/mol. The molecule has 1 aromatic carbocycles. The lowest BCUT2D eigenvalue weighted by molar-refractivity contribution is 0.0891. The van der Waals surface area contributed by atoms with Gasteiger partial charge in [-0.2, -0.15) is 0 Å². The molecule has 0 heterocycles. The summed E-state index contributed by atoms with van der Waals surface area (Å²) in [7, 11) is 0. The monoisotopic (exact) mass is 357 g/mol. The molecule has 0 aromatic heterocycles. The summed E-state index contributed by atoms with van der Waals surface area (Å²) in [5.74, 6) is 1.35. The number of benzene rings is 1. The minimum absolute atomic E-state index is 0.0670. The molecule has 1 N–H and O–H groups in total. The normalized spacial score (nSPS) is 27.8. The maximum absolute atomic E-state index is 12.2. The number of rotatable bonds is 2. The molecule has 18 heavy (non-hydrogen) atoms. The molecule has 2 rings (SSSR count). The maximum Gasteiger partial charge on any atom is 0.251 e. The third-order valence-corrected chi connectivity index (χ3v) is 4.85. The van der Waals surface area contributed by atoms with Crippen LogP contribution in [-0.2, 0) is 0 Å². The van der Waals surface area contributed by atoms with E-state index in [0.717, 1.165) is 15.6 Å². The molecule has 1 amide bonds. The Balaban J connectivity index is 2.00. The van der Waals surface area contributed by atoms with Gasteiger partial charge in [-0.25, -0.2) is 0 Å². The Labute approximate surface area is 123 Å². The maximum atomic E-state index is 12.2. The highest BCUT2D eigenvalue weighted by atomic mass is 127. The predicted octanol–water partition coefficient (Wildman–Crippen LogP) is 3.85. The Hall–Kier alpha value is -0.580. The van der Waals surface area contributed by atoms with E-state index in [9.17, 15) is 4.79 Å². The van der Waals surface area contributed by atoms with Crippen molar-refractivity contribution in [1.29, 1.82) is 0 Å². The van der Waals surface area contributed by atoms with Crippen LogP contribution in [0, 0.1) is 15.4 Å². The number of hydrogen-bond donors (Lipinski definition) is 1. The number of nitrogens with one attached hydrogen (secondary N) is 1. The van der Waals surface area contributed by atoms with Crippen molar-refractivity contribution in [2.45, 2.75) is 39.2 Å². The largest absolute Gasteiger partial charge is 0.349 e. The summed E-state index contributed by atoms with van der Waals surface area (Å²) in [5, 5.41) is 3.19. The zero-order valence-corrected chi connectivity index (χ0v) is 13.1. The van der Waals surface area contributed by atoms with E-state index in [0.29, 0.717) is 17.9 Å². The first-order valence-corrected chi connectivity index (χ1v) is 7.72. The Morgan fingerprint density at radius 1 is 1.22 bits per heavy atom. The molecule has 3 atom stereocenters. The van der Waals surface area contributed by atoms with E-state index in [1.807, 2.05) is 24.3 Å². The van der Waals surface area contributed by atoms with Crippen molar-refractivity contribution in [2.24, 2.45) is 11.8 Å². The molecule has 1 fully saturated rings. The van der Waals surface area contributed by atoms with Crippen LogP contribution in [0.3, 0.4) is 0 Å². The van der Waals surface area contributed by atoms with Crippen LogP contribution in [-0.4, -0.2) is 11.9 Å². The molecule has 1 saturated carbocycles. The van der Waals surface area contributed by atoms with Crippen molar-refractivity contribution in [1.82, 2.24) is 5.32 Å². The first-order valence-electron chi connectivity index (χ1n) is 6.64. The van der Waals surface area contributed by atoms with Gasteiger partial charge in [0.1, 0.15) is 0 Å². The average Bonchev–Trinajstić information content (AvgIpc) is 2.36. The molecular formula is C15H20INO. The summed E-state index contributed by atoms with van der Waals surface area (Å²) in [6.07, 6.45) is 3.63. The van der Waals surface area contributed by atoms with Crippen molar-refractivity contribution in [3.63, 3.8) is 0 Å². The van der Waals surface area contributed by atoms with Gasteiger partial charge in [0.15, 0.2) is 0 Å². The van der Waals surface area contributed by atoms with E-state index in [4.69, 9.17) is 0 Å². The third-order valence-electron chi connectivity index (χ3n) is 4.13. The van der Waals surface area contributed by atoms with Gasteiger partial charge in [0, 0.05) is 15.2 Å². The summed E-state index contributed by atoms with van der Waals surface area (Å²) in [6.45, 7) is 4.54. The van der Waals surface area contributed by atoms with E-state index in [-0.39, 0.29) is 5.91 Å². The van der Waals surface area contributed by atoms with E-state index in [1.54, 1.807) is 0 Å². The van der Waals surface area contributed by atoms with Crippen LogP contribution in [0.2, 0.25) is 0 Å². The van der Waals surface area contributed by atoms with Crippen LogP contribution < -0.4 is 5.32 Å². The molecule has 0 saturated heterocycles. The van der Waals surface area contributed by atoms with Gasteiger partial charge in [0.2, 0.25) is 0 Å². The second-order valence-corrected chi connectivity index (χ2v) is 6.60. The van der Waals surface area contributed by atoms with Crippen molar-refractivity contribution >= 4 is 28.5 Å². The molecule has 1 aliphatic carbocycles. The highest BCUT2D eigenvalue weighted by Gasteiger charge is 2.28. The van der Waals surface area contributed by atoms with Crippen LogP contribution in [0.1, 0.15) is 43.5 Å². The zero-order valence-electron chi connectivity index (χ0n) is 10.9. The van der Waals surface area contributed by atoms with Gasteiger partial charge in [-0.15, -0.1) is 0 Å². The number of carbonyl (C=O) groups excluding carboxylic acids is 1. The number of halogens is 1. The fraction of sp³-hybridized carbons (Fsp3) is 0.533. The molecule has 0 unspecified atom stereocenters. The molecule has 1 aromatic rings. The molecule has 0 aliphatic heterocycles. The Morgan fingerprint density at radius 2 is 1.89 bits per heavy atom. The zero-order chi connectivity index (χ0) is 13.1. The minimum atomic E-state index is 0.0670. The Kier molecular flexibility index (Phi) is 4.65. The average molecular weight is 357 g/mol. The highest BCUT2D eigenvalue weighted by Crippen LogP contribution is 2.29. The van der Waals surface area contributed by atoms with Crippen molar-refractivity contribution < 1.29 is 4.79 Å². The van der Waals surface area contributed by atoms with Crippen molar-refractivity contribution in [2.75, 3.05) is 0 Å². The molecule has 98 valence electrons. The molecule has 0 radical (unpaired) electrons. The van der Waals surface area contributed by atoms with Gasteiger partial charge in [-0.3, -0.25) is 4.79 Å². The molecule has 1 aliphatic rings. The van der Waals surface area contributed by atoms with Crippen LogP contribution in [0.25, 0.3) is 0 Å². The summed E-state index contributed by atoms with van der Waals surface area (Å²) in [6, 6.07) is 8.08. The minimum Gasteiger partial charge on any atom is -0.349 e. The topological polar surface area (TPSA) is 29.1 Å². The van der Waals surface area contributed by atoms with Crippen molar-refractivity contribution in [3.8, 4) is 0 Å². The summed E-state index contributed by atoms with van der Waals surface area (Å²) < 4.78 is 1.16. The summed E-state index contributed by atoms with van der Waals surface area (Å²) in [4.78, 5) is 12.2. The second kappa shape index (κ2) is 6.04. The SMILES string of the molecule is C[C@H]1[C@H](C)CCC[C@H]1NC(=O)c1ccc(I)cc1. The van der Waals surface area contributed by atoms with Crippen LogP contribution >= 0.6 is 22.6 Å². The smallest absolute Gasteiger partial charge is 0.251 e. The van der Waals surface area contributed by atoms with Crippen molar-refractivity contribution in [3.05, 3.63) is 33.4 Å². The second-order valence-electron chi connectivity index (χ2n) is 5.35. The van der Waals surface area contributed by atoms with Gasteiger partial charge >= 0.3 is 0 Å². The van der Waals surface area contributed by atoms with E-state index in [2.05, 4.69) is 41.8 Å². The summed E-state index contributed by atoms with van der Waals surface area (Å²) >= 11 is 2.25. The number of hydrogen-bond acceptors (Lipinski definition) is 1. The Bertz CT molecular complexity index is 415. The third kappa shape index (κ3) is 3.25. The lowest BCUT2D eigenvalue weighted by Gasteiger charge is -2.34. The van der Waals surface area contributed by atoms with Gasteiger partial charge in [-0.1, -0.05) is 26.7 Å². The van der Waals surface area contributed by atoms with E-state index >= 15 is 0 Å². The lowest BCUT2D eigenvalue weighted by Crippen LogP contribution is -2.43. The van der Waals surface area contributed by atoms with E-state index < -0.39 is 0 Å². The molecule has 0 spiro atoms. The Morgan fingerprint density at radius 3 is 2.56 bits per heavy atom. The fourth-order valence-electron chi connectivity index (χ4n) is 2.64. The molecule has 3 heteroatoms. The fourth-order valence-corrected chi connectivity index (χ4v) is 3.00. The van der Waals surface area contributed by atoms with Crippen LogP contribution in [0.4, 0.5) is 0 Å². The van der Waals surface area contributed by atoms with Crippen LogP contribution in [0.15, 0.2) is 24.3 Å². The molecule has 0 bridgehead atoms. The van der Waals surface area contributed by atoms with E-state index in [1.165, 1.54) is 12.8 Å². The standard InChI is InChI=1S/C15H20INO/c1-10-4-3-5-14(11(10)2)17-15(18)12-6-8-13(16)9-7-12/h6-11,14H,3-5H2,1-2H3,(H,17,18)/t10-,11+,14-/m1/s1. The van der Waals surface area contributed by atoms with Gasteiger partial charge < -0.3 is 5.32 Å². The number of amides is 1.